The molecule has 1 heterocycles. The molecule has 0 aliphatic carbocycles. The lowest BCUT2D eigenvalue weighted by molar-refractivity contribution is -0.142. The number of ether oxygens (including phenoxy) is 1. The summed E-state index contributed by atoms with van der Waals surface area (Å²) in [6.07, 6.45) is 0.308. The first kappa shape index (κ1) is 9.77. The number of benzene rings is 1. The van der Waals surface area contributed by atoms with Gasteiger partial charge in [0.1, 0.15) is 0 Å². The molecule has 3 heteroatoms. The minimum absolute atomic E-state index is 0.191. The number of esters is 1. The van der Waals surface area contributed by atoms with Gasteiger partial charge in [-0.05, 0) is 24.4 Å². The van der Waals surface area contributed by atoms with E-state index in [0.717, 1.165) is 16.6 Å². The highest BCUT2D eigenvalue weighted by molar-refractivity contribution is 5.82. The van der Waals surface area contributed by atoms with E-state index in [2.05, 4.69) is 4.98 Å². The minimum atomic E-state index is -0.191. The summed E-state index contributed by atoms with van der Waals surface area (Å²) in [6.45, 7) is 2.24. The number of carbonyl (C=O) groups is 1. The van der Waals surface area contributed by atoms with Crippen LogP contribution in [-0.2, 0) is 16.0 Å². The first-order valence-electron chi connectivity index (χ1n) is 5.02. The zero-order valence-corrected chi connectivity index (χ0v) is 8.62. The molecule has 0 aliphatic rings. The van der Waals surface area contributed by atoms with Gasteiger partial charge in [0.05, 0.1) is 13.0 Å². The number of hydrogen-bond acceptors (Lipinski definition) is 2. The zero-order valence-electron chi connectivity index (χ0n) is 8.62. The molecule has 78 valence electrons. The fraction of sp³-hybridized carbons (Fsp3) is 0.250. The first-order valence-corrected chi connectivity index (χ1v) is 5.02. The van der Waals surface area contributed by atoms with E-state index in [9.17, 15) is 4.79 Å². The Morgan fingerprint density at radius 2 is 2.20 bits per heavy atom. The van der Waals surface area contributed by atoms with Gasteiger partial charge in [-0.1, -0.05) is 18.2 Å². The molecule has 0 bridgehead atoms. The van der Waals surface area contributed by atoms with Crippen molar-refractivity contribution in [1.29, 1.82) is 0 Å². The van der Waals surface area contributed by atoms with Gasteiger partial charge in [0, 0.05) is 11.2 Å². The Kier molecular flexibility index (Phi) is 2.72. The Labute approximate surface area is 88.1 Å². The Morgan fingerprint density at radius 3 is 2.93 bits per heavy atom. The minimum Gasteiger partial charge on any atom is -0.466 e. The molecule has 2 aromatic rings. The van der Waals surface area contributed by atoms with Crippen LogP contribution in [0, 0.1) is 0 Å². The maximum atomic E-state index is 11.2. The van der Waals surface area contributed by atoms with Crippen LogP contribution in [0.25, 0.3) is 10.9 Å². The normalized spacial score (nSPS) is 10.5. The van der Waals surface area contributed by atoms with Gasteiger partial charge in [-0.15, -0.1) is 0 Å². The number of aromatic amines is 1. The molecule has 0 spiro atoms. The number of carbonyl (C=O) groups excluding carboxylic acids is 1. The van der Waals surface area contributed by atoms with E-state index in [1.807, 2.05) is 37.3 Å². The molecule has 0 radical (unpaired) electrons. The summed E-state index contributed by atoms with van der Waals surface area (Å²) in [7, 11) is 0. The molecular weight excluding hydrogens is 190 g/mol. The third kappa shape index (κ3) is 2.18. The van der Waals surface area contributed by atoms with Crippen molar-refractivity contribution in [1.82, 2.24) is 4.98 Å². The molecule has 0 saturated carbocycles. The van der Waals surface area contributed by atoms with Gasteiger partial charge in [0.25, 0.3) is 0 Å². The predicted octanol–water partition coefficient (Wildman–Crippen LogP) is 2.27. The number of hydrogen-bond donors (Lipinski definition) is 1. The van der Waals surface area contributed by atoms with Gasteiger partial charge in [-0.25, -0.2) is 0 Å². The lowest BCUT2D eigenvalue weighted by Crippen LogP contribution is -2.07. The second kappa shape index (κ2) is 4.17. The van der Waals surface area contributed by atoms with Crippen molar-refractivity contribution >= 4 is 16.9 Å². The zero-order chi connectivity index (χ0) is 10.7. The van der Waals surface area contributed by atoms with E-state index < -0.39 is 0 Å². The molecule has 0 fully saturated rings. The van der Waals surface area contributed by atoms with Crippen LogP contribution in [0.2, 0.25) is 0 Å². The van der Waals surface area contributed by atoms with Gasteiger partial charge < -0.3 is 9.72 Å². The molecule has 15 heavy (non-hydrogen) atoms. The Hall–Kier alpha value is -1.77. The van der Waals surface area contributed by atoms with Crippen molar-refractivity contribution in [2.24, 2.45) is 0 Å². The second-order valence-electron chi connectivity index (χ2n) is 3.36. The summed E-state index contributed by atoms with van der Waals surface area (Å²) in [5.74, 6) is -0.191. The maximum Gasteiger partial charge on any atom is 0.311 e. The number of fused-ring (bicyclic) bond motifs is 1. The van der Waals surface area contributed by atoms with E-state index in [1.165, 1.54) is 0 Å². The average molecular weight is 203 g/mol. The highest BCUT2D eigenvalue weighted by atomic mass is 16.5. The van der Waals surface area contributed by atoms with Gasteiger partial charge in [0.2, 0.25) is 0 Å². The lowest BCUT2D eigenvalue weighted by Gasteiger charge is -1.98. The molecule has 0 aliphatic heterocycles. The topological polar surface area (TPSA) is 42.1 Å². The second-order valence-corrected chi connectivity index (χ2v) is 3.36. The van der Waals surface area contributed by atoms with E-state index >= 15 is 0 Å². The predicted molar refractivity (Wildman–Crippen MR) is 58.6 cm³/mol. The van der Waals surface area contributed by atoms with Gasteiger partial charge in [-0.2, -0.15) is 0 Å². The number of H-pyrrole nitrogens is 1. The average Bonchev–Trinajstić information content (AvgIpc) is 2.59. The Morgan fingerprint density at radius 1 is 1.40 bits per heavy atom. The van der Waals surface area contributed by atoms with E-state index in [-0.39, 0.29) is 5.97 Å². The maximum absolute atomic E-state index is 11.2. The van der Waals surface area contributed by atoms with Crippen LogP contribution in [0.5, 0.6) is 0 Å². The van der Waals surface area contributed by atoms with Gasteiger partial charge in [0.15, 0.2) is 0 Å². The molecule has 1 aromatic carbocycles. The Bertz CT molecular complexity index is 440. The third-order valence-electron chi connectivity index (χ3n) is 2.23. The summed E-state index contributed by atoms with van der Waals surface area (Å²) in [6, 6.07) is 9.92. The fourth-order valence-corrected chi connectivity index (χ4v) is 1.60. The van der Waals surface area contributed by atoms with E-state index in [0.29, 0.717) is 13.0 Å². The Balaban J connectivity index is 2.18. The van der Waals surface area contributed by atoms with Crippen molar-refractivity contribution < 1.29 is 9.53 Å². The lowest BCUT2D eigenvalue weighted by atomic mass is 10.2. The van der Waals surface area contributed by atoms with E-state index in [1.54, 1.807) is 0 Å². The molecule has 0 saturated heterocycles. The van der Waals surface area contributed by atoms with E-state index in [4.69, 9.17) is 4.74 Å². The van der Waals surface area contributed by atoms with Crippen LogP contribution < -0.4 is 0 Å². The number of aromatic nitrogens is 1. The van der Waals surface area contributed by atoms with Crippen molar-refractivity contribution in [2.45, 2.75) is 13.3 Å². The quantitative estimate of drug-likeness (QED) is 0.777. The fourth-order valence-electron chi connectivity index (χ4n) is 1.60. The number of para-hydroxylation sites is 1. The molecule has 1 aromatic heterocycles. The monoisotopic (exact) mass is 203 g/mol. The van der Waals surface area contributed by atoms with Gasteiger partial charge >= 0.3 is 5.97 Å². The molecule has 3 nitrogen and oxygen atoms in total. The number of rotatable bonds is 3. The SMILES string of the molecule is CCOC(=O)Cc1cc2ccccc2[nH]1. The summed E-state index contributed by atoms with van der Waals surface area (Å²) in [5.41, 5.74) is 1.95. The summed E-state index contributed by atoms with van der Waals surface area (Å²) >= 11 is 0. The van der Waals surface area contributed by atoms with Crippen molar-refractivity contribution in [3.8, 4) is 0 Å². The highest BCUT2D eigenvalue weighted by Crippen LogP contribution is 2.14. The molecular formula is C12H13NO2. The molecule has 1 N–H and O–H groups in total. The molecule has 0 atom stereocenters. The van der Waals surface area contributed by atoms with Gasteiger partial charge in [-0.3, -0.25) is 4.79 Å². The summed E-state index contributed by atoms with van der Waals surface area (Å²) in [5, 5.41) is 1.12. The van der Waals surface area contributed by atoms with Crippen LogP contribution >= 0.6 is 0 Å². The number of nitrogens with one attached hydrogen (secondary N) is 1. The molecule has 0 unspecified atom stereocenters. The summed E-state index contributed by atoms with van der Waals surface area (Å²) < 4.78 is 4.88. The summed E-state index contributed by atoms with van der Waals surface area (Å²) in [4.78, 5) is 14.4. The smallest absolute Gasteiger partial charge is 0.311 e. The van der Waals surface area contributed by atoms with Crippen LogP contribution in [0.3, 0.4) is 0 Å². The highest BCUT2D eigenvalue weighted by Gasteiger charge is 2.06. The largest absolute Gasteiger partial charge is 0.466 e. The molecule has 2 rings (SSSR count). The standard InChI is InChI=1S/C12H13NO2/c1-2-15-12(14)8-10-7-9-5-3-4-6-11(9)13-10/h3-7,13H,2,8H2,1H3. The van der Waals surface area contributed by atoms with Crippen LogP contribution in [-0.4, -0.2) is 17.6 Å². The van der Waals surface area contributed by atoms with Crippen LogP contribution in [0.1, 0.15) is 12.6 Å². The van der Waals surface area contributed by atoms with Crippen molar-refractivity contribution in [3.05, 3.63) is 36.0 Å². The van der Waals surface area contributed by atoms with Crippen LogP contribution in [0.4, 0.5) is 0 Å². The first-order chi connectivity index (χ1) is 7.29. The molecule has 0 amide bonds. The van der Waals surface area contributed by atoms with Crippen LogP contribution in [0.15, 0.2) is 30.3 Å². The van der Waals surface area contributed by atoms with Crippen molar-refractivity contribution in [3.63, 3.8) is 0 Å². The third-order valence-corrected chi connectivity index (χ3v) is 2.23. The van der Waals surface area contributed by atoms with Crippen molar-refractivity contribution in [2.75, 3.05) is 6.61 Å².